The van der Waals surface area contributed by atoms with Gasteiger partial charge in [0.25, 0.3) is 5.91 Å². The first-order chi connectivity index (χ1) is 12.5. The van der Waals surface area contributed by atoms with Gasteiger partial charge in [-0.1, -0.05) is 0 Å². The van der Waals surface area contributed by atoms with E-state index in [0.29, 0.717) is 24.8 Å². The summed E-state index contributed by atoms with van der Waals surface area (Å²) in [5, 5.41) is 3.18. The van der Waals surface area contributed by atoms with Gasteiger partial charge in [-0.15, -0.1) is 0 Å². The van der Waals surface area contributed by atoms with Gasteiger partial charge in [-0.3, -0.25) is 9.79 Å². The summed E-state index contributed by atoms with van der Waals surface area (Å²) in [4.78, 5) is 17.3. The van der Waals surface area contributed by atoms with E-state index in [-0.39, 0.29) is 5.76 Å². The highest BCUT2D eigenvalue weighted by Crippen LogP contribution is 2.25. The molecule has 3 N–H and O–H groups in total. The molecule has 0 bridgehead atoms. The molecule has 1 heterocycles. The number of nitrogens with one attached hydrogen (secondary N) is 1. The molecule has 0 aliphatic heterocycles. The van der Waals surface area contributed by atoms with Crippen molar-refractivity contribution in [2.75, 3.05) is 28.3 Å². The van der Waals surface area contributed by atoms with Crippen LogP contribution in [-0.2, 0) is 13.1 Å². The van der Waals surface area contributed by atoms with Gasteiger partial charge in [0, 0.05) is 32.3 Å². The Bertz CT molecular complexity index is 785. The SMILES string of the molecule is CN=C(NCc1ccc(C(N)=O)o1)N(C)Cc1ccc(OC)cc1OC. The lowest BCUT2D eigenvalue weighted by molar-refractivity contribution is 0.0972. The molecule has 0 aliphatic rings. The molecule has 0 fully saturated rings. The van der Waals surface area contributed by atoms with Crippen molar-refractivity contribution in [2.45, 2.75) is 13.1 Å². The topological polar surface area (TPSA) is 102 Å². The molecule has 0 radical (unpaired) electrons. The summed E-state index contributed by atoms with van der Waals surface area (Å²) in [5.41, 5.74) is 6.18. The third-order valence-electron chi connectivity index (χ3n) is 3.80. The number of amides is 1. The maximum atomic E-state index is 11.1. The zero-order valence-corrected chi connectivity index (χ0v) is 15.4. The quantitative estimate of drug-likeness (QED) is 0.574. The summed E-state index contributed by atoms with van der Waals surface area (Å²) in [5.74, 6) is 2.27. The maximum Gasteiger partial charge on any atom is 0.284 e. The Morgan fingerprint density at radius 3 is 2.62 bits per heavy atom. The van der Waals surface area contributed by atoms with Gasteiger partial charge in [0.15, 0.2) is 11.7 Å². The fraction of sp³-hybridized carbons (Fsp3) is 0.333. The van der Waals surface area contributed by atoms with Gasteiger partial charge in [0.05, 0.1) is 20.8 Å². The maximum absolute atomic E-state index is 11.1. The Morgan fingerprint density at radius 2 is 2.04 bits per heavy atom. The number of ether oxygens (including phenoxy) is 2. The molecule has 2 aromatic rings. The first-order valence-corrected chi connectivity index (χ1v) is 7.99. The van der Waals surface area contributed by atoms with Crippen molar-refractivity contribution in [3.05, 3.63) is 47.4 Å². The monoisotopic (exact) mass is 360 g/mol. The van der Waals surface area contributed by atoms with Crippen LogP contribution in [0.3, 0.4) is 0 Å². The number of hydrogen-bond donors (Lipinski definition) is 2. The average Bonchev–Trinajstić information content (AvgIpc) is 3.12. The molecule has 0 atom stereocenters. The zero-order valence-electron chi connectivity index (χ0n) is 15.4. The molecule has 26 heavy (non-hydrogen) atoms. The van der Waals surface area contributed by atoms with Gasteiger partial charge < -0.3 is 29.8 Å². The van der Waals surface area contributed by atoms with Crippen LogP contribution in [0.4, 0.5) is 0 Å². The number of guanidine groups is 1. The van der Waals surface area contributed by atoms with E-state index in [1.54, 1.807) is 33.4 Å². The fourth-order valence-electron chi connectivity index (χ4n) is 2.47. The number of hydrogen-bond acceptors (Lipinski definition) is 5. The summed E-state index contributed by atoms with van der Waals surface area (Å²) >= 11 is 0. The summed E-state index contributed by atoms with van der Waals surface area (Å²) in [7, 11) is 6.85. The number of methoxy groups -OCH3 is 2. The summed E-state index contributed by atoms with van der Waals surface area (Å²) in [6, 6.07) is 8.93. The van der Waals surface area contributed by atoms with Crippen molar-refractivity contribution in [1.82, 2.24) is 10.2 Å². The van der Waals surface area contributed by atoms with Crippen LogP contribution in [0, 0.1) is 0 Å². The standard InChI is InChI=1S/C18H24N4O4/c1-20-18(21-10-14-7-8-15(26-14)17(19)23)22(2)11-12-5-6-13(24-3)9-16(12)25-4/h5-9H,10-11H2,1-4H3,(H2,19,23)(H,20,21). The van der Waals surface area contributed by atoms with Crippen molar-refractivity contribution in [3.63, 3.8) is 0 Å². The largest absolute Gasteiger partial charge is 0.497 e. The van der Waals surface area contributed by atoms with Crippen molar-refractivity contribution in [2.24, 2.45) is 10.7 Å². The summed E-state index contributed by atoms with van der Waals surface area (Å²) in [6.07, 6.45) is 0. The lowest BCUT2D eigenvalue weighted by atomic mass is 10.2. The number of aliphatic imine (C=N–C) groups is 1. The highest BCUT2D eigenvalue weighted by Gasteiger charge is 2.12. The number of nitrogens with zero attached hydrogens (tertiary/aromatic N) is 2. The molecule has 8 nitrogen and oxygen atoms in total. The second kappa shape index (κ2) is 8.80. The second-order valence-electron chi connectivity index (χ2n) is 5.56. The number of primary amides is 1. The third-order valence-corrected chi connectivity index (χ3v) is 3.80. The molecule has 1 aromatic heterocycles. The molecule has 1 amide bonds. The number of carbonyl (C=O) groups is 1. The molecular weight excluding hydrogens is 336 g/mol. The lowest BCUT2D eigenvalue weighted by Crippen LogP contribution is -2.38. The van der Waals surface area contributed by atoms with Crippen LogP contribution in [0.5, 0.6) is 11.5 Å². The first-order valence-electron chi connectivity index (χ1n) is 7.99. The van der Waals surface area contributed by atoms with Crippen molar-refractivity contribution < 1.29 is 18.7 Å². The van der Waals surface area contributed by atoms with Crippen LogP contribution in [0.25, 0.3) is 0 Å². The highest BCUT2D eigenvalue weighted by molar-refractivity contribution is 5.89. The normalized spacial score (nSPS) is 11.2. The Morgan fingerprint density at radius 1 is 1.27 bits per heavy atom. The third kappa shape index (κ3) is 4.69. The van der Waals surface area contributed by atoms with Gasteiger partial charge in [0.1, 0.15) is 17.3 Å². The van der Waals surface area contributed by atoms with E-state index in [9.17, 15) is 4.79 Å². The van der Waals surface area contributed by atoms with E-state index in [2.05, 4.69) is 10.3 Å². The van der Waals surface area contributed by atoms with Gasteiger partial charge in [-0.2, -0.15) is 0 Å². The lowest BCUT2D eigenvalue weighted by Gasteiger charge is -2.23. The van der Waals surface area contributed by atoms with Gasteiger partial charge >= 0.3 is 0 Å². The molecule has 0 saturated heterocycles. The van der Waals surface area contributed by atoms with E-state index >= 15 is 0 Å². The Labute approximate surface area is 152 Å². The van der Waals surface area contributed by atoms with Gasteiger partial charge in [0.2, 0.25) is 0 Å². The number of benzene rings is 1. The molecule has 0 unspecified atom stereocenters. The predicted octanol–water partition coefficient (Wildman–Crippen LogP) is 1.60. The van der Waals surface area contributed by atoms with Gasteiger partial charge in [-0.25, -0.2) is 0 Å². The highest BCUT2D eigenvalue weighted by atomic mass is 16.5. The molecule has 1 aromatic carbocycles. The summed E-state index contributed by atoms with van der Waals surface area (Å²) < 4.78 is 16.0. The predicted molar refractivity (Wildman–Crippen MR) is 98.4 cm³/mol. The van der Waals surface area contributed by atoms with Crippen molar-refractivity contribution in [1.29, 1.82) is 0 Å². The number of rotatable bonds is 7. The van der Waals surface area contributed by atoms with Crippen LogP contribution in [-0.4, -0.2) is 45.1 Å². The smallest absolute Gasteiger partial charge is 0.284 e. The Balaban J connectivity index is 2.02. The van der Waals surface area contributed by atoms with E-state index in [1.807, 2.05) is 30.1 Å². The molecular formula is C18H24N4O4. The van der Waals surface area contributed by atoms with Crippen LogP contribution >= 0.6 is 0 Å². The molecule has 0 saturated carbocycles. The molecule has 0 spiro atoms. The molecule has 8 heteroatoms. The van der Waals surface area contributed by atoms with Crippen molar-refractivity contribution in [3.8, 4) is 11.5 Å². The molecule has 140 valence electrons. The minimum atomic E-state index is -0.593. The first kappa shape index (κ1) is 19.2. The fourth-order valence-corrected chi connectivity index (χ4v) is 2.47. The summed E-state index contributed by atoms with van der Waals surface area (Å²) in [6.45, 7) is 0.960. The molecule has 2 rings (SSSR count). The van der Waals surface area contributed by atoms with Crippen LogP contribution in [0.2, 0.25) is 0 Å². The minimum Gasteiger partial charge on any atom is -0.497 e. The number of nitrogens with two attached hydrogens (primary N) is 1. The van der Waals surface area contributed by atoms with Crippen LogP contribution in [0.1, 0.15) is 21.9 Å². The van der Waals surface area contributed by atoms with E-state index in [0.717, 1.165) is 17.1 Å². The Hall–Kier alpha value is -3.16. The van der Waals surface area contributed by atoms with Crippen molar-refractivity contribution >= 4 is 11.9 Å². The second-order valence-corrected chi connectivity index (χ2v) is 5.56. The molecule has 0 aliphatic carbocycles. The average molecular weight is 360 g/mol. The van der Waals surface area contributed by atoms with Gasteiger partial charge in [-0.05, 0) is 24.3 Å². The number of furan rings is 1. The van der Waals surface area contributed by atoms with Crippen LogP contribution in [0.15, 0.2) is 39.7 Å². The zero-order chi connectivity index (χ0) is 19.1. The van der Waals surface area contributed by atoms with Crippen LogP contribution < -0.4 is 20.5 Å². The minimum absolute atomic E-state index is 0.133. The van der Waals surface area contributed by atoms with E-state index < -0.39 is 5.91 Å². The Kier molecular flexibility index (Phi) is 6.48. The van der Waals surface area contributed by atoms with E-state index in [4.69, 9.17) is 19.6 Å². The number of carbonyl (C=O) groups excluding carboxylic acids is 1. The van der Waals surface area contributed by atoms with E-state index in [1.165, 1.54) is 0 Å².